The lowest BCUT2D eigenvalue weighted by Crippen LogP contribution is -2.45. The number of likely N-dealkylation sites (N-methyl/N-ethyl adjacent to an activating group) is 1. The van der Waals surface area contributed by atoms with Crippen LogP contribution in [0.3, 0.4) is 0 Å². The van der Waals surface area contributed by atoms with Crippen LogP contribution in [-0.4, -0.2) is 53.8 Å². The molecular formula is C15H25BrN4O. The highest BCUT2D eigenvalue weighted by Gasteiger charge is 2.21. The molecule has 0 aromatic carbocycles. The molecule has 5 nitrogen and oxygen atoms in total. The number of hydrogen-bond donors (Lipinski definition) is 1. The third-order valence-corrected chi connectivity index (χ3v) is 3.95. The molecule has 2 heterocycles. The van der Waals surface area contributed by atoms with Crippen molar-refractivity contribution in [1.29, 1.82) is 0 Å². The van der Waals surface area contributed by atoms with Gasteiger partial charge in [-0.2, -0.15) is 0 Å². The van der Waals surface area contributed by atoms with Crippen LogP contribution in [0.25, 0.3) is 0 Å². The van der Waals surface area contributed by atoms with E-state index in [4.69, 9.17) is 4.74 Å². The molecule has 2 rings (SSSR count). The first kappa shape index (κ1) is 16.6. The van der Waals surface area contributed by atoms with Gasteiger partial charge < -0.3 is 10.1 Å². The maximum atomic E-state index is 5.80. The summed E-state index contributed by atoms with van der Waals surface area (Å²) in [6.07, 6.45) is 0.213. The van der Waals surface area contributed by atoms with Crippen molar-refractivity contribution >= 4 is 21.7 Å². The Kier molecular flexibility index (Phi) is 5.57. The van der Waals surface area contributed by atoms with Gasteiger partial charge in [0.05, 0.1) is 12.7 Å². The topological polar surface area (TPSA) is 50.3 Å². The fourth-order valence-electron chi connectivity index (χ4n) is 2.25. The van der Waals surface area contributed by atoms with Crippen LogP contribution in [-0.2, 0) is 10.2 Å². The van der Waals surface area contributed by atoms with Gasteiger partial charge in [-0.05, 0) is 22.5 Å². The number of anilines is 1. The monoisotopic (exact) mass is 356 g/mol. The Hall–Kier alpha value is -0.720. The van der Waals surface area contributed by atoms with Crippen LogP contribution in [0, 0.1) is 0 Å². The summed E-state index contributed by atoms with van der Waals surface area (Å²) in [5, 5.41) is 3.38. The number of ether oxygens (including phenoxy) is 1. The van der Waals surface area contributed by atoms with E-state index in [0.29, 0.717) is 0 Å². The van der Waals surface area contributed by atoms with Crippen LogP contribution in [0.5, 0.6) is 0 Å². The molecule has 6 heteroatoms. The van der Waals surface area contributed by atoms with E-state index in [-0.39, 0.29) is 11.5 Å². The minimum atomic E-state index is -0.0689. The largest absolute Gasteiger partial charge is 0.374 e. The summed E-state index contributed by atoms with van der Waals surface area (Å²) < 4.78 is 6.61. The number of nitrogens with one attached hydrogen (secondary N) is 1. The highest BCUT2D eigenvalue weighted by molar-refractivity contribution is 9.10. The zero-order valence-electron chi connectivity index (χ0n) is 13.3. The number of aromatic nitrogens is 2. The summed E-state index contributed by atoms with van der Waals surface area (Å²) in [5.74, 6) is 1.68. The van der Waals surface area contributed by atoms with Crippen LogP contribution in [0.2, 0.25) is 0 Å². The maximum absolute atomic E-state index is 5.80. The lowest BCUT2D eigenvalue weighted by Gasteiger charge is -2.32. The molecule has 21 heavy (non-hydrogen) atoms. The minimum Gasteiger partial charge on any atom is -0.374 e. The third-order valence-electron chi connectivity index (χ3n) is 3.55. The van der Waals surface area contributed by atoms with Crippen molar-refractivity contribution in [2.45, 2.75) is 39.2 Å². The highest BCUT2D eigenvalue weighted by atomic mass is 79.9. The van der Waals surface area contributed by atoms with Crippen LogP contribution in [0.4, 0.5) is 5.82 Å². The van der Waals surface area contributed by atoms with E-state index in [9.17, 15) is 0 Å². The molecule has 1 saturated heterocycles. The Morgan fingerprint density at radius 3 is 2.86 bits per heavy atom. The van der Waals surface area contributed by atoms with Crippen LogP contribution >= 0.6 is 15.9 Å². The zero-order valence-corrected chi connectivity index (χ0v) is 14.9. The molecule has 1 aromatic heterocycles. The molecular weight excluding hydrogens is 332 g/mol. The summed E-state index contributed by atoms with van der Waals surface area (Å²) in [6.45, 7) is 13.2. The fraction of sp³-hybridized carbons (Fsp3) is 0.733. The van der Waals surface area contributed by atoms with Crippen LogP contribution < -0.4 is 5.32 Å². The van der Waals surface area contributed by atoms with Crippen LogP contribution in [0.15, 0.2) is 10.7 Å². The second-order valence-electron chi connectivity index (χ2n) is 6.42. The average molecular weight is 357 g/mol. The Morgan fingerprint density at radius 1 is 1.43 bits per heavy atom. The number of nitrogens with zero attached hydrogens (tertiary/aromatic N) is 3. The predicted molar refractivity (Wildman–Crippen MR) is 88.8 cm³/mol. The Balaban J connectivity index is 1.98. The van der Waals surface area contributed by atoms with Crippen LogP contribution in [0.1, 0.15) is 33.5 Å². The SMILES string of the molecule is CCN1CCOC(CNc2cc(Br)nc(C(C)(C)C)n2)C1. The van der Waals surface area contributed by atoms with Gasteiger partial charge in [-0.1, -0.05) is 27.7 Å². The first-order valence-electron chi connectivity index (χ1n) is 7.51. The first-order valence-corrected chi connectivity index (χ1v) is 8.30. The quantitative estimate of drug-likeness (QED) is 0.840. The van der Waals surface area contributed by atoms with E-state index in [0.717, 1.165) is 49.0 Å². The highest BCUT2D eigenvalue weighted by Crippen LogP contribution is 2.22. The molecule has 1 fully saturated rings. The maximum Gasteiger partial charge on any atom is 0.137 e. The van der Waals surface area contributed by atoms with Gasteiger partial charge in [-0.3, -0.25) is 4.90 Å². The van der Waals surface area contributed by atoms with Crippen molar-refractivity contribution in [2.24, 2.45) is 0 Å². The third kappa shape index (κ3) is 4.90. The van der Waals surface area contributed by atoms with Gasteiger partial charge in [0.2, 0.25) is 0 Å². The molecule has 0 saturated carbocycles. The molecule has 0 radical (unpaired) electrons. The number of hydrogen-bond acceptors (Lipinski definition) is 5. The molecule has 0 amide bonds. The van der Waals surface area contributed by atoms with Crippen molar-refractivity contribution in [3.63, 3.8) is 0 Å². The van der Waals surface area contributed by atoms with Gasteiger partial charge in [0, 0.05) is 31.1 Å². The summed E-state index contributed by atoms with van der Waals surface area (Å²) in [7, 11) is 0. The van der Waals surface area contributed by atoms with E-state index in [2.05, 4.69) is 63.8 Å². The molecule has 1 unspecified atom stereocenters. The predicted octanol–water partition coefficient (Wildman–Crippen LogP) is 2.67. The summed E-state index contributed by atoms with van der Waals surface area (Å²) in [5.41, 5.74) is -0.0689. The van der Waals surface area contributed by atoms with Crippen molar-refractivity contribution in [1.82, 2.24) is 14.9 Å². The smallest absolute Gasteiger partial charge is 0.137 e. The van der Waals surface area contributed by atoms with Crippen molar-refractivity contribution in [2.75, 3.05) is 38.1 Å². The van der Waals surface area contributed by atoms with E-state index >= 15 is 0 Å². The first-order chi connectivity index (χ1) is 9.88. The van der Waals surface area contributed by atoms with Gasteiger partial charge in [-0.15, -0.1) is 0 Å². The lowest BCUT2D eigenvalue weighted by molar-refractivity contribution is -0.0192. The van der Waals surface area contributed by atoms with E-state index in [1.807, 2.05) is 6.07 Å². The second-order valence-corrected chi connectivity index (χ2v) is 7.23. The van der Waals surface area contributed by atoms with E-state index in [1.54, 1.807) is 0 Å². The number of rotatable bonds is 4. The van der Waals surface area contributed by atoms with Gasteiger partial charge in [0.25, 0.3) is 0 Å². The summed E-state index contributed by atoms with van der Waals surface area (Å²) in [4.78, 5) is 11.5. The van der Waals surface area contributed by atoms with Gasteiger partial charge in [0.1, 0.15) is 16.2 Å². The Bertz CT molecular complexity index is 475. The second kappa shape index (κ2) is 7.03. The lowest BCUT2D eigenvalue weighted by atomic mass is 9.96. The molecule has 0 aliphatic carbocycles. The van der Waals surface area contributed by atoms with E-state index < -0.39 is 0 Å². The minimum absolute atomic E-state index is 0.0689. The molecule has 1 N–H and O–H groups in total. The molecule has 1 aromatic rings. The fourth-order valence-corrected chi connectivity index (χ4v) is 2.64. The van der Waals surface area contributed by atoms with Crippen molar-refractivity contribution in [3.8, 4) is 0 Å². The summed E-state index contributed by atoms with van der Waals surface area (Å²) in [6, 6.07) is 1.91. The zero-order chi connectivity index (χ0) is 15.5. The molecule has 1 aliphatic heterocycles. The molecule has 0 bridgehead atoms. The average Bonchev–Trinajstić information content (AvgIpc) is 2.44. The Morgan fingerprint density at radius 2 is 2.19 bits per heavy atom. The van der Waals surface area contributed by atoms with Crippen molar-refractivity contribution in [3.05, 3.63) is 16.5 Å². The van der Waals surface area contributed by atoms with Crippen molar-refractivity contribution < 1.29 is 4.74 Å². The standard InChI is InChI=1S/C15H25BrN4O/c1-5-20-6-7-21-11(10-20)9-17-13-8-12(16)18-14(19-13)15(2,3)4/h8,11H,5-7,9-10H2,1-4H3,(H,17,18,19). The molecule has 1 atom stereocenters. The molecule has 1 aliphatic rings. The molecule has 0 spiro atoms. The summed E-state index contributed by atoms with van der Waals surface area (Å²) >= 11 is 3.46. The molecule has 118 valence electrons. The Labute approximate surface area is 135 Å². The van der Waals surface area contributed by atoms with E-state index in [1.165, 1.54) is 0 Å². The van der Waals surface area contributed by atoms with Gasteiger partial charge in [-0.25, -0.2) is 9.97 Å². The van der Waals surface area contributed by atoms with Gasteiger partial charge >= 0.3 is 0 Å². The number of morpholine rings is 1. The number of halogens is 1. The van der Waals surface area contributed by atoms with Gasteiger partial charge in [0.15, 0.2) is 0 Å². The normalized spacial score (nSPS) is 20.5.